The Morgan fingerprint density at radius 3 is 2.39 bits per heavy atom. The fourth-order valence-electron chi connectivity index (χ4n) is 3.81. The summed E-state index contributed by atoms with van der Waals surface area (Å²) in [6, 6.07) is 11.5. The lowest BCUT2D eigenvalue weighted by atomic mass is 10.1. The lowest BCUT2D eigenvalue weighted by Crippen LogP contribution is -2.46. The predicted molar refractivity (Wildman–Crippen MR) is 115 cm³/mol. The van der Waals surface area contributed by atoms with Gasteiger partial charge in [-0.3, -0.25) is 9.69 Å². The van der Waals surface area contributed by atoms with Crippen molar-refractivity contribution in [2.45, 2.75) is 20.4 Å². The molecule has 0 atom stereocenters. The summed E-state index contributed by atoms with van der Waals surface area (Å²) in [5.74, 6) is 0.362. The SMILES string of the molecule is CC(=O)c1cc2c(C)c(N3CCN(Cc4c(Cl)cccc4Cl)CC3)ccc2o1. The highest BCUT2D eigenvalue weighted by molar-refractivity contribution is 6.35. The Morgan fingerprint density at radius 2 is 1.75 bits per heavy atom. The van der Waals surface area contributed by atoms with Gasteiger partial charge in [-0.05, 0) is 42.8 Å². The molecule has 4 nitrogen and oxygen atoms in total. The maximum atomic E-state index is 11.6. The second-order valence-electron chi connectivity index (χ2n) is 7.25. The van der Waals surface area contributed by atoms with Gasteiger partial charge in [0.05, 0.1) is 0 Å². The largest absolute Gasteiger partial charge is 0.453 e. The van der Waals surface area contributed by atoms with Crippen molar-refractivity contribution in [2.24, 2.45) is 0 Å². The monoisotopic (exact) mass is 416 g/mol. The Bertz CT molecular complexity index is 1020. The molecule has 0 bridgehead atoms. The maximum absolute atomic E-state index is 11.6. The number of carbonyl (C=O) groups is 1. The van der Waals surface area contributed by atoms with Crippen LogP contribution in [0.5, 0.6) is 0 Å². The molecule has 1 aliphatic heterocycles. The number of carbonyl (C=O) groups excluding carboxylic acids is 1. The number of ketones is 1. The summed E-state index contributed by atoms with van der Waals surface area (Å²) in [5, 5.41) is 2.45. The van der Waals surface area contributed by atoms with E-state index in [9.17, 15) is 4.79 Å². The summed E-state index contributed by atoms with van der Waals surface area (Å²) in [6.45, 7) is 8.09. The smallest absolute Gasteiger partial charge is 0.194 e. The summed E-state index contributed by atoms with van der Waals surface area (Å²) in [7, 11) is 0. The van der Waals surface area contributed by atoms with Crippen LogP contribution in [0.15, 0.2) is 40.8 Å². The Kier molecular flexibility index (Phi) is 5.37. The second kappa shape index (κ2) is 7.78. The number of aryl methyl sites for hydroxylation is 1. The first kappa shape index (κ1) is 19.3. The lowest BCUT2D eigenvalue weighted by Gasteiger charge is -2.37. The molecule has 0 spiro atoms. The predicted octanol–water partition coefficient (Wildman–Crippen LogP) is 5.57. The third kappa shape index (κ3) is 3.64. The van der Waals surface area contributed by atoms with E-state index in [1.807, 2.05) is 30.3 Å². The molecule has 0 N–H and O–H groups in total. The van der Waals surface area contributed by atoms with Gasteiger partial charge in [-0.15, -0.1) is 0 Å². The van der Waals surface area contributed by atoms with Crippen LogP contribution in [-0.4, -0.2) is 36.9 Å². The highest BCUT2D eigenvalue weighted by atomic mass is 35.5. The standard InChI is InChI=1S/C22H22Cl2N2O2/c1-14-16-12-22(15(2)27)28-21(16)7-6-20(14)26-10-8-25(9-11-26)13-17-18(23)4-3-5-19(17)24/h3-7,12H,8-11,13H2,1-2H3. The summed E-state index contributed by atoms with van der Waals surface area (Å²) in [6.07, 6.45) is 0. The van der Waals surface area contributed by atoms with Crippen LogP contribution < -0.4 is 4.90 Å². The number of fused-ring (bicyclic) bond motifs is 1. The van der Waals surface area contributed by atoms with Gasteiger partial charge in [0.25, 0.3) is 0 Å². The number of benzene rings is 2. The first-order valence-electron chi connectivity index (χ1n) is 9.38. The molecule has 28 heavy (non-hydrogen) atoms. The Balaban J connectivity index is 1.49. The molecule has 0 radical (unpaired) electrons. The third-order valence-corrected chi connectivity index (χ3v) is 6.15. The van der Waals surface area contributed by atoms with Crippen LogP contribution in [0.4, 0.5) is 5.69 Å². The third-order valence-electron chi connectivity index (χ3n) is 5.44. The highest BCUT2D eigenvalue weighted by Gasteiger charge is 2.21. The molecule has 146 valence electrons. The summed E-state index contributed by atoms with van der Waals surface area (Å²) >= 11 is 12.6. The van der Waals surface area contributed by atoms with E-state index in [1.165, 1.54) is 12.6 Å². The minimum absolute atomic E-state index is 0.0519. The van der Waals surface area contributed by atoms with E-state index in [2.05, 4.69) is 22.8 Å². The second-order valence-corrected chi connectivity index (χ2v) is 8.07. The average Bonchev–Trinajstić information content (AvgIpc) is 3.12. The molecule has 0 amide bonds. The van der Waals surface area contributed by atoms with Gasteiger partial charge in [-0.2, -0.15) is 0 Å². The normalized spacial score (nSPS) is 15.4. The van der Waals surface area contributed by atoms with Crippen molar-refractivity contribution in [2.75, 3.05) is 31.1 Å². The summed E-state index contributed by atoms with van der Waals surface area (Å²) in [4.78, 5) is 16.4. The van der Waals surface area contributed by atoms with Crippen molar-refractivity contribution in [3.63, 3.8) is 0 Å². The van der Waals surface area contributed by atoms with Gasteiger partial charge < -0.3 is 9.32 Å². The van der Waals surface area contributed by atoms with Crippen molar-refractivity contribution in [3.05, 3.63) is 63.3 Å². The number of rotatable bonds is 4. The number of nitrogens with zero attached hydrogens (tertiary/aromatic N) is 2. The summed E-state index contributed by atoms with van der Waals surface area (Å²) in [5.41, 5.74) is 4.10. The average molecular weight is 417 g/mol. The van der Waals surface area contributed by atoms with Crippen LogP contribution in [0.25, 0.3) is 11.0 Å². The van der Waals surface area contributed by atoms with Gasteiger partial charge in [0.2, 0.25) is 0 Å². The van der Waals surface area contributed by atoms with Crippen molar-refractivity contribution < 1.29 is 9.21 Å². The van der Waals surface area contributed by atoms with Crippen LogP contribution in [0.2, 0.25) is 10.0 Å². The molecule has 0 unspecified atom stereocenters. The molecule has 6 heteroatoms. The van der Waals surface area contributed by atoms with Crippen LogP contribution in [0.3, 0.4) is 0 Å². The van der Waals surface area contributed by atoms with E-state index >= 15 is 0 Å². The number of Topliss-reactive ketones (excluding diaryl/α,β-unsaturated/α-hetero) is 1. The molecular weight excluding hydrogens is 395 g/mol. The van der Waals surface area contributed by atoms with Crippen molar-refractivity contribution in [1.82, 2.24) is 4.90 Å². The summed E-state index contributed by atoms with van der Waals surface area (Å²) < 4.78 is 5.66. The molecule has 1 saturated heterocycles. The van der Waals surface area contributed by atoms with Crippen molar-refractivity contribution in [1.29, 1.82) is 0 Å². The highest BCUT2D eigenvalue weighted by Crippen LogP contribution is 2.32. The first-order chi connectivity index (χ1) is 13.4. The minimum atomic E-state index is -0.0519. The van der Waals surface area contributed by atoms with Gasteiger partial charge >= 0.3 is 0 Å². The Morgan fingerprint density at radius 1 is 1.07 bits per heavy atom. The number of halogens is 2. The molecule has 4 rings (SSSR count). The van der Waals surface area contributed by atoms with E-state index in [0.717, 1.165) is 64.9 Å². The van der Waals surface area contributed by atoms with Crippen molar-refractivity contribution in [3.8, 4) is 0 Å². The first-order valence-corrected chi connectivity index (χ1v) is 10.1. The van der Waals surface area contributed by atoms with Gasteiger partial charge in [0, 0.05) is 66.3 Å². The quantitative estimate of drug-likeness (QED) is 0.520. The number of hydrogen-bond acceptors (Lipinski definition) is 4. The number of furan rings is 1. The fourth-order valence-corrected chi connectivity index (χ4v) is 4.33. The Hall–Kier alpha value is -2.01. The van der Waals surface area contributed by atoms with Gasteiger partial charge in [-0.1, -0.05) is 29.3 Å². The molecule has 2 aromatic carbocycles. The lowest BCUT2D eigenvalue weighted by molar-refractivity contribution is 0.0989. The molecule has 0 aliphatic carbocycles. The molecule has 1 fully saturated rings. The van der Waals surface area contributed by atoms with E-state index in [0.29, 0.717) is 5.76 Å². The van der Waals surface area contributed by atoms with Crippen LogP contribution in [-0.2, 0) is 6.54 Å². The molecule has 1 aliphatic rings. The zero-order chi connectivity index (χ0) is 19.8. The zero-order valence-electron chi connectivity index (χ0n) is 16.0. The molecule has 1 aromatic heterocycles. The molecular formula is C22H22Cl2N2O2. The zero-order valence-corrected chi connectivity index (χ0v) is 17.5. The van der Waals surface area contributed by atoms with Crippen LogP contribution in [0.1, 0.15) is 28.6 Å². The van der Waals surface area contributed by atoms with Gasteiger partial charge in [-0.25, -0.2) is 0 Å². The van der Waals surface area contributed by atoms with E-state index < -0.39 is 0 Å². The number of anilines is 1. The van der Waals surface area contributed by atoms with Gasteiger partial charge in [0.1, 0.15) is 5.58 Å². The minimum Gasteiger partial charge on any atom is -0.453 e. The van der Waals surface area contributed by atoms with Crippen LogP contribution >= 0.6 is 23.2 Å². The van der Waals surface area contributed by atoms with Gasteiger partial charge in [0.15, 0.2) is 11.5 Å². The van der Waals surface area contributed by atoms with Crippen LogP contribution in [0, 0.1) is 6.92 Å². The number of hydrogen-bond donors (Lipinski definition) is 0. The van der Waals surface area contributed by atoms with E-state index in [4.69, 9.17) is 27.6 Å². The fraction of sp³-hybridized carbons (Fsp3) is 0.318. The van der Waals surface area contributed by atoms with E-state index in [-0.39, 0.29) is 5.78 Å². The Labute approximate surface area is 174 Å². The topological polar surface area (TPSA) is 36.7 Å². The molecule has 0 saturated carbocycles. The number of piperazine rings is 1. The maximum Gasteiger partial charge on any atom is 0.194 e. The molecule has 3 aromatic rings. The molecule has 2 heterocycles. The van der Waals surface area contributed by atoms with E-state index in [1.54, 1.807) is 0 Å². The van der Waals surface area contributed by atoms with Crippen molar-refractivity contribution >= 4 is 45.6 Å².